The number of aliphatic hydroxyl groups is 1. The van der Waals surface area contributed by atoms with E-state index in [0.29, 0.717) is 6.42 Å². The Morgan fingerprint density at radius 3 is 2.33 bits per heavy atom. The zero-order valence-electron chi connectivity index (χ0n) is 11.9. The summed E-state index contributed by atoms with van der Waals surface area (Å²) in [5.41, 5.74) is 0. The van der Waals surface area contributed by atoms with Crippen molar-refractivity contribution in [1.29, 1.82) is 0 Å². The molecule has 7 heteroatoms. The summed E-state index contributed by atoms with van der Waals surface area (Å²) in [7, 11) is -4.13. The molecule has 0 heterocycles. The quantitative estimate of drug-likeness (QED) is 0.468. The molecule has 0 radical (unpaired) electrons. The molecule has 0 bridgehead atoms. The van der Waals surface area contributed by atoms with Crippen molar-refractivity contribution in [2.45, 2.75) is 38.5 Å². The van der Waals surface area contributed by atoms with Gasteiger partial charge in [0.05, 0.1) is 11.6 Å². The van der Waals surface area contributed by atoms with E-state index in [0.717, 1.165) is 32.1 Å². The standard InChI is InChI=1S/C14H22ClO5P/c15-13-9-5-6-10-14(13)20-21(17,18)19-12-8-4-2-1-3-7-11-16/h5-6,9-10,16H,1-4,7-8,11-12H2,(H,17,18). The summed E-state index contributed by atoms with van der Waals surface area (Å²) >= 11 is 5.84. The van der Waals surface area contributed by atoms with Crippen molar-refractivity contribution in [2.24, 2.45) is 0 Å². The van der Waals surface area contributed by atoms with E-state index >= 15 is 0 Å². The number of benzene rings is 1. The van der Waals surface area contributed by atoms with Gasteiger partial charge in [0.1, 0.15) is 5.75 Å². The lowest BCUT2D eigenvalue weighted by atomic mass is 10.1. The second kappa shape index (κ2) is 10.2. The first-order valence-corrected chi connectivity index (χ1v) is 8.95. The fraction of sp³-hybridized carbons (Fsp3) is 0.571. The van der Waals surface area contributed by atoms with Crippen molar-refractivity contribution in [3.8, 4) is 5.75 Å². The van der Waals surface area contributed by atoms with Crippen LogP contribution < -0.4 is 4.52 Å². The lowest BCUT2D eigenvalue weighted by Crippen LogP contribution is -1.99. The normalized spacial score (nSPS) is 13.9. The molecule has 0 saturated carbocycles. The van der Waals surface area contributed by atoms with Gasteiger partial charge in [0.2, 0.25) is 0 Å². The largest absolute Gasteiger partial charge is 0.527 e. The van der Waals surface area contributed by atoms with E-state index in [-0.39, 0.29) is 24.0 Å². The molecule has 5 nitrogen and oxygen atoms in total. The maximum Gasteiger partial charge on any atom is 0.527 e. The SMILES string of the molecule is O=P(O)(OCCCCCCCCO)Oc1ccccc1Cl. The Morgan fingerprint density at radius 2 is 1.67 bits per heavy atom. The molecule has 21 heavy (non-hydrogen) atoms. The molecule has 0 fully saturated rings. The fourth-order valence-electron chi connectivity index (χ4n) is 1.77. The molecule has 1 aromatic carbocycles. The Bertz CT molecular complexity index is 455. The van der Waals surface area contributed by atoms with E-state index in [2.05, 4.69) is 0 Å². The van der Waals surface area contributed by atoms with Gasteiger partial charge in [-0.1, -0.05) is 49.4 Å². The van der Waals surface area contributed by atoms with Crippen LogP contribution >= 0.6 is 19.4 Å². The van der Waals surface area contributed by atoms with E-state index in [1.54, 1.807) is 18.2 Å². The number of hydrogen-bond donors (Lipinski definition) is 2. The highest BCUT2D eigenvalue weighted by Crippen LogP contribution is 2.45. The highest BCUT2D eigenvalue weighted by atomic mass is 35.5. The number of phosphoric ester groups is 1. The number of halogens is 1. The second-order valence-electron chi connectivity index (χ2n) is 4.67. The zero-order chi connectivity index (χ0) is 15.6. The van der Waals surface area contributed by atoms with Gasteiger partial charge in [0, 0.05) is 6.61 Å². The Labute approximate surface area is 130 Å². The van der Waals surface area contributed by atoms with Crippen molar-refractivity contribution < 1.29 is 23.6 Å². The molecular formula is C14H22ClO5P. The van der Waals surface area contributed by atoms with Crippen LogP contribution in [0, 0.1) is 0 Å². The van der Waals surface area contributed by atoms with Crippen molar-refractivity contribution >= 4 is 19.4 Å². The van der Waals surface area contributed by atoms with Crippen LogP contribution in [0.5, 0.6) is 5.75 Å². The van der Waals surface area contributed by atoms with Crippen LogP contribution in [0.15, 0.2) is 24.3 Å². The van der Waals surface area contributed by atoms with Gasteiger partial charge in [0.15, 0.2) is 0 Å². The number of aliphatic hydroxyl groups excluding tert-OH is 1. The molecule has 0 saturated heterocycles. The Morgan fingerprint density at radius 1 is 1.05 bits per heavy atom. The molecule has 0 aliphatic heterocycles. The predicted molar refractivity (Wildman–Crippen MR) is 82.6 cm³/mol. The summed E-state index contributed by atoms with van der Waals surface area (Å²) in [6.07, 6.45) is 5.50. The number of phosphoric acid groups is 1. The molecule has 0 aromatic heterocycles. The van der Waals surface area contributed by atoms with Gasteiger partial charge < -0.3 is 9.63 Å². The van der Waals surface area contributed by atoms with E-state index in [4.69, 9.17) is 25.8 Å². The molecule has 1 aromatic rings. The average Bonchev–Trinajstić information content (AvgIpc) is 2.44. The minimum atomic E-state index is -4.13. The van der Waals surface area contributed by atoms with Crippen LogP contribution in [-0.4, -0.2) is 23.2 Å². The molecule has 0 aliphatic rings. The number of rotatable bonds is 11. The van der Waals surface area contributed by atoms with Gasteiger partial charge >= 0.3 is 7.82 Å². The van der Waals surface area contributed by atoms with Gasteiger partial charge in [-0.3, -0.25) is 9.42 Å². The topological polar surface area (TPSA) is 76.0 Å². The van der Waals surface area contributed by atoms with Gasteiger partial charge in [-0.15, -0.1) is 0 Å². The molecule has 1 rings (SSSR count). The first-order chi connectivity index (χ1) is 10.0. The number of hydrogen-bond acceptors (Lipinski definition) is 4. The van der Waals surface area contributed by atoms with Gasteiger partial charge in [-0.25, -0.2) is 4.57 Å². The first kappa shape index (κ1) is 18.5. The van der Waals surface area contributed by atoms with Gasteiger partial charge in [-0.2, -0.15) is 0 Å². The van der Waals surface area contributed by atoms with Gasteiger partial charge in [0.25, 0.3) is 0 Å². The second-order valence-corrected chi connectivity index (χ2v) is 6.45. The minimum Gasteiger partial charge on any atom is -0.403 e. The number of para-hydroxylation sites is 1. The van der Waals surface area contributed by atoms with Crippen molar-refractivity contribution in [2.75, 3.05) is 13.2 Å². The van der Waals surface area contributed by atoms with E-state index < -0.39 is 7.82 Å². The third-order valence-electron chi connectivity index (χ3n) is 2.86. The average molecular weight is 337 g/mol. The Kier molecular flexibility index (Phi) is 8.97. The summed E-state index contributed by atoms with van der Waals surface area (Å²) in [5.74, 6) is 0.133. The van der Waals surface area contributed by atoms with Crippen LogP contribution in [0.4, 0.5) is 0 Å². The third kappa shape index (κ3) is 8.44. The highest BCUT2D eigenvalue weighted by molar-refractivity contribution is 7.47. The minimum absolute atomic E-state index is 0.133. The Hall–Kier alpha value is -0.580. The van der Waals surface area contributed by atoms with Gasteiger partial charge in [-0.05, 0) is 25.0 Å². The Balaban J connectivity index is 2.18. The molecule has 1 atom stereocenters. The molecule has 120 valence electrons. The molecule has 0 amide bonds. The maximum atomic E-state index is 11.7. The lowest BCUT2D eigenvalue weighted by molar-refractivity contribution is 0.199. The zero-order valence-corrected chi connectivity index (χ0v) is 13.6. The summed E-state index contributed by atoms with van der Waals surface area (Å²) in [6.45, 7) is 0.397. The van der Waals surface area contributed by atoms with Crippen molar-refractivity contribution in [1.82, 2.24) is 0 Å². The maximum absolute atomic E-state index is 11.7. The summed E-state index contributed by atoms with van der Waals surface area (Å²) < 4.78 is 21.6. The first-order valence-electron chi connectivity index (χ1n) is 7.07. The van der Waals surface area contributed by atoms with Crippen molar-refractivity contribution in [3.63, 3.8) is 0 Å². The van der Waals surface area contributed by atoms with E-state index in [1.165, 1.54) is 6.07 Å². The van der Waals surface area contributed by atoms with E-state index in [9.17, 15) is 9.46 Å². The monoisotopic (exact) mass is 336 g/mol. The lowest BCUT2D eigenvalue weighted by Gasteiger charge is -2.13. The van der Waals surface area contributed by atoms with Crippen LogP contribution in [0.3, 0.4) is 0 Å². The molecule has 1 unspecified atom stereocenters. The van der Waals surface area contributed by atoms with Crippen LogP contribution in [0.2, 0.25) is 5.02 Å². The summed E-state index contributed by atoms with van der Waals surface area (Å²) in [6, 6.07) is 6.45. The predicted octanol–water partition coefficient (Wildman–Crippen LogP) is 4.17. The third-order valence-corrected chi connectivity index (χ3v) is 4.11. The van der Waals surface area contributed by atoms with Crippen LogP contribution in [0.25, 0.3) is 0 Å². The molecule has 0 aliphatic carbocycles. The van der Waals surface area contributed by atoms with Crippen LogP contribution in [-0.2, 0) is 9.09 Å². The summed E-state index contributed by atoms with van der Waals surface area (Å²) in [5, 5.41) is 8.90. The molecule has 0 spiro atoms. The highest BCUT2D eigenvalue weighted by Gasteiger charge is 2.23. The van der Waals surface area contributed by atoms with Crippen LogP contribution in [0.1, 0.15) is 38.5 Å². The smallest absolute Gasteiger partial charge is 0.403 e. The van der Waals surface area contributed by atoms with Crippen molar-refractivity contribution in [3.05, 3.63) is 29.3 Å². The summed E-state index contributed by atoms with van der Waals surface area (Å²) in [4.78, 5) is 9.59. The molecule has 2 N–H and O–H groups in total. The number of unbranched alkanes of at least 4 members (excludes halogenated alkanes) is 5. The fourth-order valence-corrected chi connectivity index (χ4v) is 2.82. The van der Waals surface area contributed by atoms with E-state index in [1.807, 2.05) is 0 Å². The molecular weight excluding hydrogens is 315 g/mol.